The lowest BCUT2D eigenvalue weighted by molar-refractivity contribution is 0.306. The molecule has 1 heterocycles. The van der Waals surface area contributed by atoms with Crippen LogP contribution in [0.1, 0.15) is 52.4 Å². The third kappa shape index (κ3) is 7.15. The van der Waals surface area contributed by atoms with Crippen LogP contribution >= 0.6 is 24.0 Å². The Kier molecular flexibility index (Phi) is 9.18. The van der Waals surface area contributed by atoms with E-state index < -0.39 is 9.84 Å². The number of nitrogens with zero attached hydrogens (tertiary/aromatic N) is 1. The van der Waals surface area contributed by atoms with Gasteiger partial charge in [0.05, 0.1) is 11.5 Å². The fourth-order valence-corrected chi connectivity index (χ4v) is 5.19. The first-order valence-electron chi connectivity index (χ1n) is 8.75. The van der Waals surface area contributed by atoms with Gasteiger partial charge in [0.2, 0.25) is 0 Å². The van der Waals surface area contributed by atoms with Gasteiger partial charge in [0.15, 0.2) is 15.8 Å². The highest BCUT2D eigenvalue weighted by atomic mass is 127. The Hall–Kier alpha value is -0.0500. The molecule has 0 aromatic heterocycles. The standard InChI is InChI=1S/C16H31N3O2S.HI/c1-3-9-17-16(19-15-7-5-4-6-13(15)2)18-11-14-8-10-22(20,21)12-14;/h13-15H,3-12H2,1-2H3,(H2,17,18,19);1H. The third-order valence-electron chi connectivity index (χ3n) is 4.81. The molecule has 0 aromatic carbocycles. The Morgan fingerprint density at radius 2 is 1.96 bits per heavy atom. The largest absolute Gasteiger partial charge is 0.356 e. The Morgan fingerprint density at radius 3 is 2.57 bits per heavy atom. The lowest BCUT2D eigenvalue weighted by atomic mass is 9.86. The fraction of sp³-hybridized carbons (Fsp3) is 0.938. The maximum atomic E-state index is 11.5. The van der Waals surface area contributed by atoms with E-state index in [2.05, 4.69) is 29.5 Å². The molecule has 23 heavy (non-hydrogen) atoms. The summed E-state index contributed by atoms with van der Waals surface area (Å²) in [4.78, 5) is 4.67. The van der Waals surface area contributed by atoms with Crippen molar-refractivity contribution in [1.29, 1.82) is 0 Å². The molecule has 0 spiro atoms. The van der Waals surface area contributed by atoms with Crippen molar-refractivity contribution < 1.29 is 8.42 Å². The summed E-state index contributed by atoms with van der Waals surface area (Å²) in [7, 11) is -2.81. The van der Waals surface area contributed by atoms with E-state index in [4.69, 9.17) is 0 Å². The molecule has 136 valence electrons. The molecule has 0 radical (unpaired) electrons. The molecule has 1 saturated heterocycles. The highest BCUT2D eigenvalue weighted by molar-refractivity contribution is 14.0. The van der Waals surface area contributed by atoms with Crippen molar-refractivity contribution in [3.05, 3.63) is 0 Å². The molecule has 1 aliphatic carbocycles. The molecule has 5 nitrogen and oxygen atoms in total. The van der Waals surface area contributed by atoms with Crippen LogP contribution in [0.25, 0.3) is 0 Å². The molecule has 0 aromatic rings. The zero-order chi connectivity index (χ0) is 16.0. The van der Waals surface area contributed by atoms with Crippen molar-refractivity contribution in [1.82, 2.24) is 10.6 Å². The lowest BCUT2D eigenvalue weighted by Crippen LogP contribution is -2.47. The van der Waals surface area contributed by atoms with Gasteiger partial charge in [-0.1, -0.05) is 26.7 Å². The first kappa shape index (κ1) is 21.0. The first-order valence-corrected chi connectivity index (χ1v) is 10.6. The number of aliphatic imine (C=N–C) groups is 1. The van der Waals surface area contributed by atoms with E-state index in [-0.39, 0.29) is 29.9 Å². The number of sulfone groups is 1. The third-order valence-corrected chi connectivity index (χ3v) is 6.65. The number of nitrogens with one attached hydrogen (secondary N) is 2. The monoisotopic (exact) mass is 457 g/mol. The van der Waals surface area contributed by atoms with Gasteiger partial charge in [0, 0.05) is 19.1 Å². The molecule has 1 aliphatic heterocycles. The van der Waals surface area contributed by atoms with Crippen LogP contribution in [-0.2, 0) is 9.84 Å². The average molecular weight is 457 g/mol. The number of guanidine groups is 1. The summed E-state index contributed by atoms with van der Waals surface area (Å²) in [5, 5.41) is 6.95. The molecule has 2 fully saturated rings. The molecule has 3 unspecified atom stereocenters. The number of halogens is 1. The van der Waals surface area contributed by atoms with Crippen molar-refractivity contribution in [3.63, 3.8) is 0 Å². The molecule has 2 aliphatic rings. The minimum Gasteiger partial charge on any atom is -0.356 e. The number of hydrogen-bond donors (Lipinski definition) is 2. The highest BCUT2D eigenvalue weighted by Crippen LogP contribution is 2.23. The second kappa shape index (κ2) is 10.1. The summed E-state index contributed by atoms with van der Waals surface area (Å²) >= 11 is 0. The topological polar surface area (TPSA) is 70.6 Å². The Morgan fingerprint density at radius 1 is 1.22 bits per heavy atom. The van der Waals surface area contributed by atoms with Crippen molar-refractivity contribution in [3.8, 4) is 0 Å². The zero-order valence-corrected chi connectivity index (χ0v) is 17.5. The predicted octanol–water partition coefficient (Wildman–Crippen LogP) is 2.56. The van der Waals surface area contributed by atoms with Crippen molar-refractivity contribution in [2.75, 3.05) is 24.6 Å². The van der Waals surface area contributed by atoms with Crippen molar-refractivity contribution in [2.45, 2.75) is 58.4 Å². The Balaban J connectivity index is 0.00000264. The van der Waals surface area contributed by atoms with E-state index in [1.807, 2.05) is 0 Å². The second-order valence-electron chi connectivity index (χ2n) is 6.90. The van der Waals surface area contributed by atoms with Crippen LogP contribution in [0.2, 0.25) is 0 Å². The van der Waals surface area contributed by atoms with E-state index in [1.54, 1.807) is 0 Å². The Bertz CT molecular complexity index is 482. The van der Waals surface area contributed by atoms with Crippen LogP contribution in [0.15, 0.2) is 4.99 Å². The zero-order valence-electron chi connectivity index (χ0n) is 14.4. The SMILES string of the molecule is CCCNC(=NCC1CCS(=O)(=O)C1)NC1CCCCC1C.I. The van der Waals surface area contributed by atoms with Crippen molar-refractivity contribution in [2.24, 2.45) is 16.8 Å². The summed E-state index contributed by atoms with van der Waals surface area (Å²) in [5.74, 6) is 2.36. The molecule has 0 amide bonds. The van der Waals surface area contributed by atoms with Gasteiger partial charge in [-0.05, 0) is 37.5 Å². The molecular formula is C16H32IN3O2S. The smallest absolute Gasteiger partial charge is 0.191 e. The normalized spacial score (nSPS) is 30.5. The van der Waals surface area contributed by atoms with Crippen LogP contribution in [0, 0.1) is 11.8 Å². The van der Waals surface area contributed by atoms with E-state index in [0.29, 0.717) is 30.0 Å². The van der Waals surface area contributed by atoms with Gasteiger partial charge in [-0.15, -0.1) is 24.0 Å². The van der Waals surface area contributed by atoms with Gasteiger partial charge in [0.25, 0.3) is 0 Å². The minimum absolute atomic E-state index is 0. The summed E-state index contributed by atoms with van der Waals surface area (Å²) < 4.78 is 23.1. The second-order valence-corrected chi connectivity index (χ2v) is 9.13. The van der Waals surface area contributed by atoms with E-state index in [1.165, 1.54) is 25.7 Å². The Labute approximate surface area is 158 Å². The van der Waals surface area contributed by atoms with Gasteiger partial charge in [0.1, 0.15) is 0 Å². The van der Waals surface area contributed by atoms with Gasteiger partial charge in [-0.2, -0.15) is 0 Å². The summed E-state index contributed by atoms with van der Waals surface area (Å²) in [6, 6.07) is 0.490. The molecule has 7 heteroatoms. The minimum atomic E-state index is -2.81. The molecule has 1 saturated carbocycles. The summed E-state index contributed by atoms with van der Waals surface area (Å²) in [6.45, 7) is 5.95. The highest BCUT2D eigenvalue weighted by Gasteiger charge is 2.28. The predicted molar refractivity (Wildman–Crippen MR) is 107 cm³/mol. The average Bonchev–Trinajstić information content (AvgIpc) is 2.83. The number of hydrogen-bond acceptors (Lipinski definition) is 3. The van der Waals surface area contributed by atoms with Gasteiger partial charge < -0.3 is 10.6 Å². The summed E-state index contributed by atoms with van der Waals surface area (Å²) in [5.41, 5.74) is 0. The van der Waals surface area contributed by atoms with Gasteiger partial charge in [-0.3, -0.25) is 4.99 Å². The van der Waals surface area contributed by atoms with E-state index >= 15 is 0 Å². The lowest BCUT2D eigenvalue weighted by Gasteiger charge is -2.31. The van der Waals surface area contributed by atoms with Crippen LogP contribution < -0.4 is 10.6 Å². The maximum Gasteiger partial charge on any atom is 0.191 e. The first-order chi connectivity index (χ1) is 10.5. The molecular weight excluding hydrogens is 425 g/mol. The quantitative estimate of drug-likeness (QED) is 0.378. The molecule has 0 bridgehead atoms. The van der Waals surface area contributed by atoms with Crippen LogP contribution in [0.3, 0.4) is 0 Å². The van der Waals surface area contributed by atoms with E-state index in [0.717, 1.165) is 25.3 Å². The summed E-state index contributed by atoms with van der Waals surface area (Å²) in [6.07, 6.45) is 6.90. The number of rotatable bonds is 5. The van der Waals surface area contributed by atoms with Crippen LogP contribution in [0.5, 0.6) is 0 Å². The maximum absolute atomic E-state index is 11.5. The fourth-order valence-electron chi connectivity index (χ4n) is 3.34. The van der Waals surface area contributed by atoms with Gasteiger partial charge in [-0.25, -0.2) is 8.42 Å². The van der Waals surface area contributed by atoms with Crippen LogP contribution in [0.4, 0.5) is 0 Å². The molecule has 2 N–H and O–H groups in total. The molecule has 3 atom stereocenters. The van der Waals surface area contributed by atoms with Gasteiger partial charge >= 0.3 is 0 Å². The van der Waals surface area contributed by atoms with Crippen molar-refractivity contribution >= 4 is 39.8 Å². The van der Waals surface area contributed by atoms with E-state index in [9.17, 15) is 8.42 Å². The van der Waals surface area contributed by atoms with Crippen LogP contribution in [-0.4, -0.2) is 45.0 Å². The molecule has 2 rings (SSSR count).